The fourth-order valence-corrected chi connectivity index (χ4v) is 3.18. The zero-order chi connectivity index (χ0) is 18.7. The summed E-state index contributed by atoms with van der Waals surface area (Å²) >= 11 is 3.60. The van der Waals surface area contributed by atoms with Gasteiger partial charge in [-0.3, -0.25) is 9.59 Å². The predicted octanol–water partition coefficient (Wildman–Crippen LogP) is 4.30. The highest BCUT2D eigenvalue weighted by Crippen LogP contribution is 2.31. The zero-order valence-electron chi connectivity index (χ0n) is 13.9. The number of carbonyl (C=O) groups is 2. The molecular formula is C18H19IO5S. The summed E-state index contributed by atoms with van der Waals surface area (Å²) in [5, 5.41) is 21.2. The van der Waals surface area contributed by atoms with E-state index in [0.717, 1.165) is 10.4 Å². The molecule has 134 valence electrons. The van der Waals surface area contributed by atoms with Crippen molar-refractivity contribution in [3.63, 3.8) is 0 Å². The number of aliphatic carboxylic acids is 2. The van der Waals surface area contributed by atoms with Crippen LogP contribution in [0.4, 0.5) is 0 Å². The Balaban J connectivity index is 2.26. The van der Waals surface area contributed by atoms with Crippen LogP contribution in [0.25, 0.3) is 10.4 Å². The lowest BCUT2D eigenvalue weighted by molar-refractivity contribution is -0.171. The lowest BCUT2D eigenvalue weighted by Crippen LogP contribution is -2.46. The Labute approximate surface area is 163 Å². The maximum Gasteiger partial charge on any atom is 0.323 e. The largest absolute Gasteiger partial charge is 0.480 e. The Morgan fingerprint density at radius 3 is 2.16 bits per heavy atom. The van der Waals surface area contributed by atoms with Gasteiger partial charge in [0, 0.05) is 11.3 Å². The van der Waals surface area contributed by atoms with Gasteiger partial charge < -0.3 is 14.9 Å². The van der Waals surface area contributed by atoms with Gasteiger partial charge >= 0.3 is 11.9 Å². The van der Waals surface area contributed by atoms with Crippen molar-refractivity contribution in [3.8, 4) is 10.4 Å². The molecule has 0 aliphatic rings. The Morgan fingerprint density at radius 2 is 1.72 bits per heavy atom. The molecule has 7 heteroatoms. The van der Waals surface area contributed by atoms with Crippen LogP contribution >= 0.6 is 33.9 Å². The number of halogens is 1. The van der Waals surface area contributed by atoms with E-state index in [2.05, 4.69) is 0 Å². The first kappa shape index (κ1) is 19.9. The molecular weight excluding hydrogens is 455 g/mol. The van der Waals surface area contributed by atoms with Crippen molar-refractivity contribution in [3.05, 3.63) is 47.3 Å². The second-order valence-corrected chi connectivity index (χ2v) is 9.74. The summed E-state index contributed by atoms with van der Waals surface area (Å²) in [6.07, 6.45) is -0.144. The fourth-order valence-electron chi connectivity index (χ4n) is 2.29. The van der Waals surface area contributed by atoms with Gasteiger partial charge in [0.25, 0.3) is 0 Å². The number of alkyl halides is 1. The van der Waals surface area contributed by atoms with Crippen molar-refractivity contribution in [2.24, 2.45) is 5.41 Å². The van der Waals surface area contributed by atoms with Gasteiger partial charge in [-0.05, 0) is 59.0 Å². The summed E-state index contributed by atoms with van der Waals surface area (Å²) in [5.74, 6) is -2.80. The van der Waals surface area contributed by atoms with Crippen LogP contribution in [0.15, 0.2) is 41.8 Å². The average Bonchev–Trinajstić information content (AvgIpc) is 3.05. The van der Waals surface area contributed by atoms with Crippen LogP contribution in [0.3, 0.4) is 0 Å². The molecule has 0 aliphatic heterocycles. The highest BCUT2D eigenvalue weighted by atomic mass is 127. The van der Waals surface area contributed by atoms with Crippen molar-refractivity contribution >= 4 is 45.9 Å². The van der Waals surface area contributed by atoms with Crippen LogP contribution in [0.2, 0.25) is 0 Å². The Kier molecular flexibility index (Phi) is 6.23. The number of rotatable bonds is 8. The first-order chi connectivity index (χ1) is 11.6. The summed E-state index contributed by atoms with van der Waals surface area (Å²) in [4.78, 5) is 24.7. The fraction of sp³-hybridized carbons (Fsp3) is 0.333. The van der Waals surface area contributed by atoms with E-state index in [1.54, 1.807) is 37.3 Å². The first-order valence-electron chi connectivity index (χ1n) is 7.56. The van der Waals surface area contributed by atoms with E-state index in [-0.39, 0.29) is 6.42 Å². The van der Waals surface area contributed by atoms with Crippen LogP contribution in [0, 0.1) is 5.41 Å². The second kappa shape index (κ2) is 7.84. The molecule has 0 unspecified atom stereocenters. The van der Waals surface area contributed by atoms with Crippen LogP contribution in [0.5, 0.6) is 0 Å². The number of carboxylic acid groups (broad SMARTS) is 2. The molecule has 1 aromatic heterocycles. The first-order valence-corrected chi connectivity index (χ1v) is 9.52. The number of hydrogen-bond acceptors (Lipinski definition) is 4. The molecule has 5 nitrogen and oxygen atoms in total. The number of benzene rings is 1. The van der Waals surface area contributed by atoms with Gasteiger partial charge in [-0.1, -0.05) is 30.3 Å². The van der Waals surface area contributed by atoms with Crippen molar-refractivity contribution in [1.29, 1.82) is 0 Å². The lowest BCUT2D eigenvalue weighted by Gasteiger charge is -2.28. The van der Waals surface area contributed by atoms with Gasteiger partial charge in [-0.25, -0.2) is 0 Å². The lowest BCUT2D eigenvalue weighted by atomic mass is 9.82. The second-order valence-electron chi connectivity index (χ2n) is 6.20. The maximum absolute atomic E-state index is 11.8. The molecule has 1 heterocycles. The standard InChI is InChI=1S/C18H19IO5S/c1-17(2,19)24-11-18(15(20)21,16(22)23)10-12-5-7-13(8-6-12)14-4-3-9-25-14/h3-9H,10-11H2,1-2H3,(H,20,21)(H,22,23). The average molecular weight is 474 g/mol. The zero-order valence-corrected chi connectivity index (χ0v) is 16.8. The summed E-state index contributed by atoms with van der Waals surface area (Å²) in [7, 11) is 0. The number of thiophene rings is 1. The van der Waals surface area contributed by atoms with E-state index in [1.807, 2.05) is 52.2 Å². The van der Waals surface area contributed by atoms with Crippen LogP contribution in [-0.4, -0.2) is 32.4 Å². The quantitative estimate of drug-likeness (QED) is 0.339. The van der Waals surface area contributed by atoms with E-state index in [9.17, 15) is 19.8 Å². The van der Waals surface area contributed by atoms with Gasteiger partial charge in [-0.15, -0.1) is 11.3 Å². The Hall–Kier alpha value is -1.45. The molecule has 2 aromatic rings. The number of carboxylic acids is 2. The molecule has 0 fully saturated rings. The van der Waals surface area contributed by atoms with E-state index in [4.69, 9.17) is 4.74 Å². The molecule has 0 saturated carbocycles. The summed E-state index contributed by atoms with van der Waals surface area (Å²) < 4.78 is 4.84. The third-order valence-corrected chi connectivity index (χ3v) is 4.98. The molecule has 0 saturated heterocycles. The maximum atomic E-state index is 11.8. The summed E-state index contributed by atoms with van der Waals surface area (Å²) in [6.45, 7) is 3.09. The van der Waals surface area contributed by atoms with Gasteiger partial charge in [0.15, 0.2) is 5.41 Å². The minimum absolute atomic E-state index is 0.144. The van der Waals surface area contributed by atoms with Crippen LogP contribution in [-0.2, 0) is 20.7 Å². The van der Waals surface area contributed by atoms with E-state index >= 15 is 0 Å². The smallest absolute Gasteiger partial charge is 0.323 e. The minimum atomic E-state index is -2.02. The van der Waals surface area contributed by atoms with Crippen molar-refractivity contribution in [1.82, 2.24) is 0 Å². The molecule has 2 N–H and O–H groups in total. The molecule has 2 rings (SSSR count). The predicted molar refractivity (Wildman–Crippen MR) is 105 cm³/mol. The van der Waals surface area contributed by atoms with E-state index in [0.29, 0.717) is 5.56 Å². The Morgan fingerprint density at radius 1 is 1.12 bits per heavy atom. The molecule has 0 aliphatic carbocycles. The number of hydrogen-bond donors (Lipinski definition) is 2. The highest BCUT2D eigenvalue weighted by Gasteiger charge is 2.48. The van der Waals surface area contributed by atoms with E-state index < -0.39 is 27.6 Å². The molecule has 25 heavy (non-hydrogen) atoms. The topological polar surface area (TPSA) is 83.8 Å². The molecule has 0 atom stereocenters. The van der Waals surface area contributed by atoms with Crippen molar-refractivity contribution in [2.45, 2.75) is 23.9 Å². The highest BCUT2D eigenvalue weighted by molar-refractivity contribution is 14.1. The normalized spacial score (nSPS) is 12.1. The molecule has 0 radical (unpaired) electrons. The van der Waals surface area contributed by atoms with Crippen LogP contribution < -0.4 is 0 Å². The summed E-state index contributed by atoms with van der Waals surface area (Å²) in [5.41, 5.74) is -0.369. The van der Waals surface area contributed by atoms with Crippen LogP contribution in [0.1, 0.15) is 19.4 Å². The molecule has 1 aromatic carbocycles. The Bertz CT molecular complexity index is 718. The molecule has 0 amide bonds. The van der Waals surface area contributed by atoms with Gasteiger partial charge in [0.2, 0.25) is 0 Å². The van der Waals surface area contributed by atoms with Crippen molar-refractivity contribution in [2.75, 3.05) is 6.61 Å². The third kappa shape index (κ3) is 5.02. The van der Waals surface area contributed by atoms with Crippen molar-refractivity contribution < 1.29 is 24.5 Å². The van der Waals surface area contributed by atoms with Gasteiger partial charge in [-0.2, -0.15) is 0 Å². The third-order valence-electron chi connectivity index (χ3n) is 3.75. The number of ether oxygens (including phenoxy) is 1. The van der Waals surface area contributed by atoms with Gasteiger partial charge in [0.1, 0.15) is 3.61 Å². The SMILES string of the molecule is CC(C)(I)OCC(Cc1ccc(-c2cccs2)cc1)(C(=O)O)C(=O)O. The monoisotopic (exact) mass is 474 g/mol. The van der Waals surface area contributed by atoms with E-state index in [1.165, 1.54) is 0 Å². The molecule has 0 spiro atoms. The minimum Gasteiger partial charge on any atom is -0.480 e. The summed E-state index contributed by atoms with van der Waals surface area (Å²) in [6, 6.07) is 11.2. The van der Waals surface area contributed by atoms with Gasteiger partial charge in [0.05, 0.1) is 6.61 Å². The molecule has 0 bridgehead atoms.